The van der Waals surface area contributed by atoms with Gasteiger partial charge < -0.3 is 10.1 Å². The van der Waals surface area contributed by atoms with Crippen LogP contribution in [0.5, 0.6) is 0 Å². The Balaban J connectivity index is 1.54. The number of amides is 2. The van der Waals surface area contributed by atoms with Gasteiger partial charge in [-0.3, -0.25) is 14.4 Å². The van der Waals surface area contributed by atoms with Crippen LogP contribution in [0.3, 0.4) is 0 Å². The summed E-state index contributed by atoms with van der Waals surface area (Å²) in [6.07, 6.45) is 0.841. The van der Waals surface area contributed by atoms with Gasteiger partial charge in [-0.05, 0) is 41.7 Å². The number of nitrogens with zero attached hydrogens (tertiary/aromatic N) is 1. The molecule has 1 aliphatic carbocycles. The van der Waals surface area contributed by atoms with E-state index in [0.29, 0.717) is 17.7 Å². The fourth-order valence-electron chi connectivity index (χ4n) is 4.68. The molecule has 4 rings (SSSR count). The van der Waals surface area contributed by atoms with Crippen LogP contribution in [-0.4, -0.2) is 42.2 Å². The minimum absolute atomic E-state index is 0.0492. The van der Waals surface area contributed by atoms with E-state index in [2.05, 4.69) is 5.32 Å². The number of benzene rings is 1. The second kappa shape index (κ2) is 9.43. The van der Waals surface area contributed by atoms with Gasteiger partial charge in [-0.2, -0.15) is 13.2 Å². The molecule has 3 atom stereocenters. The predicted molar refractivity (Wildman–Crippen MR) is 128 cm³/mol. The minimum atomic E-state index is -4.75. The molecule has 1 aromatic carbocycles. The molecule has 36 heavy (non-hydrogen) atoms. The highest BCUT2D eigenvalue weighted by Crippen LogP contribution is 2.53. The first-order chi connectivity index (χ1) is 16.8. The van der Waals surface area contributed by atoms with Gasteiger partial charge in [-0.25, -0.2) is 5.06 Å². The first kappa shape index (κ1) is 26.6. The van der Waals surface area contributed by atoms with Crippen LogP contribution in [0.15, 0.2) is 53.8 Å². The molecule has 2 aliphatic heterocycles. The molecular weight excluding hydrogens is 520 g/mol. The van der Waals surface area contributed by atoms with E-state index in [4.69, 9.17) is 32.8 Å². The third kappa shape index (κ3) is 4.76. The Hall–Kier alpha value is -2.49. The molecule has 0 radical (unpaired) electrons. The summed E-state index contributed by atoms with van der Waals surface area (Å²) in [7, 11) is 0. The summed E-state index contributed by atoms with van der Waals surface area (Å²) in [6.45, 7) is 5.78. The Morgan fingerprint density at radius 3 is 2.44 bits per heavy atom. The zero-order valence-corrected chi connectivity index (χ0v) is 21.3. The Labute approximate surface area is 216 Å². The van der Waals surface area contributed by atoms with E-state index in [1.807, 2.05) is 0 Å². The monoisotopic (exact) mass is 544 g/mol. The van der Waals surface area contributed by atoms with Gasteiger partial charge in [0.1, 0.15) is 12.6 Å². The van der Waals surface area contributed by atoms with Crippen molar-refractivity contribution in [2.75, 3.05) is 13.2 Å². The van der Waals surface area contributed by atoms with E-state index in [1.165, 1.54) is 23.3 Å². The van der Waals surface area contributed by atoms with E-state index in [1.54, 1.807) is 39.0 Å². The average Bonchev–Trinajstić information content (AvgIpc) is 3.37. The molecule has 1 saturated heterocycles. The Morgan fingerprint density at radius 1 is 1.22 bits per heavy atom. The smallest absolute Gasteiger partial charge is 0.432 e. The van der Waals surface area contributed by atoms with E-state index < -0.39 is 35.6 Å². The lowest BCUT2D eigenvalue weighted by Gasteiger charge is -2.34. The molecule has 0 aromatic heterocycles. The number of carbonyl (C=O) groups excluding carboxylic acids is 2. The Morgan fingerprint density at radius 2 is 1.89 bits per heavy atom. The first-order valence-electron chi connectivity index (χ1n) is 11.3. The van der Waals surface area contributed by atoms with Crippen LogP contribution in [0, 0.1) is 11.3 Å². The van der Waals surface area contributed by atoms with E-state index in [9.17, 15) is 22.8 Å². The largest absolute Gasteiger partial charge is 0.480 e. The lowest BCUT2D eigenvalue weighted by molar-refractivity contribution is -0.261. The van der Waals surface area contributed by atoms with Crippen molar-refractivity contribution < 1.29 is 32.3 Å². The van der Waals surface area contributed by atoms with Gasteiger partial charge in [0, 0.05) is 28.6 Å². The van der Waals surface area contributed by atoms with Gasteiger partial charge in [0.25, 0.3) is 5.91 Å². The van der Waals surface area contributed by atoms with Crippen LogP contribution in [0.2, 0.25) is 10.0 Å². The average molecular weight is 545 g/mol. The number of hydroxylamine groups is 2. The molecule has 3 aliphatic rings. The van der Waals surface area contributed by atoms with Crippen molar-refractivity contribution >= 4 is 35.0 Å². The number of halogens is 5. The third-order valence-electron chi connectivity index (χ3n) is 6.62. The van der Waals surface area contributed by atoms with Crippen LogP contribution < -0.4 is 5.32 Å². The standard InChI is InChI=1S/C25H25Cl2F3N2O4/c1-4-32-22(34)20(13-36-32)31-21(33)19-6-5-14(10-23(19,2)3)15-11-24(35-12-15,25(28,29)30)16-7-17(26)9-18(27)8-16/h5-10,12,19-20H,4,11,13H2,1-3H3,(H,31,33)/t19?,20-,24?/m1/s1. The zero-order chi connectivity index (χ0) is 26.5. The molecule has 1 N–H and O–H groups in total. The number of alkyl halides is 3. The quantitative estimate of drug-likeness (QED) is 0.533. The summed E-state index contributed by atoms with van der Waals surface area (Å²) in [5, 5.41) is 4.05. The number of hydrogen-bond acceptors (Lipinski definition) is 4. The lowest BCUT2D eigenvalue weighted by atomic mass is 9.72. The fraction of sp³-hybridized carbons (Fsp3) is 0.440. The molecule has 2 unspecified atom stereocenters. The molecule has 2 heterocycles. The second-order valence-electron chi connectivity index (χ2n) is 9.57. The lowest BCUT2D eigenvalue weighted by Crippen LogP contribution is -2.47. The molecule has 194 valence electrons. The molecule has 11 heteroatoms. The number of nitrogens with one attached hydrogen (secondary N) is 1. The first-order valence-corrected chi connectivity index (χ1v) is 12.1. The highest BCUT2D eigenvalue weighted by atomic mass is 35.5. The molecule has 0 saturated carbocycles. The van der Waals surface area contributed by atoms with Crippen molar-refractivity contribution in [2.45, 2.75) is 45.0 Å². The van der Waals surface area contributed by atoms with Gasteiger partial charge in [0.15, 0.2) is 0 Å². The van der Waals surface area contributed by atoms with Crippen LogP contribution in [-0.2, 0) is 24.8 Å². The SMILES string of the molecule is CCN1OC[C@@H](NC(=O)C2C=CC(C3=COC(c4cc(Cl)cc(Cl)c4)(C(F)(F)F)C3)=CC2(C)C)C1=O. The summed E-state index contributed by atoms with van der Waals surface area (Å²) in [5.41, 5.74) is -2.76. The van der Waals surface area contributed by atoms with Crippen LogP contribution in [0.4, 0.5) is 13.2 Å². The maximum Gasteiger partial charge on any atom is 0.432 e. The maximum absolute atomic E-state index is 14.3. The van der Waals surface area contributed by atoms with Gasteiger partial charge >= 0.3 is 6.18 Å². The molecule has 0 bridgehead atoms. The van der Waals surface area contributed by atoms with Crippen LogP contribution in [0.1, 0.15) is 32.8 Å². The Kier molecular flexibility index (Phi) is 6.96. The molecule has 1 aromatic rings. The molecule has 2 amide bonds. The highest BCUT2D eigenvalue weighted by molar-refractivity contribution is 6.34. The number of allylic oxidation sites excluding steroid dienone is 3. The predicted octanol–water partition coefficient (Wildman–Crippen LogP) is 5.47. The highest BCUT2D eigenvalue weighted by Gasteiger charge is 2.61. The molecule has 6 nitrogen and oxygen atoms in total. The normalized spacial score (nSPS) is 27.6. The number of rotatable bonds is 5. The number of ether oxygens (including phenoxy) is 1. The summed E-state index contributed by atoms with van der Waals surface area (Å²) in [4.78, 5) is 30.5. The van der Waals surface area contributed by atoms with Crippen molar-refractivity contribution in [3.8, 4) is 0 Å². The van der Waals surface area contributed by atoms with Crippen LogP contribution in [0.25, 0.3) is 0 Å². The third-order valence-corrected chi connectivity index (χ3v) is 7.06. The van der Waals surface area contributed by atoms with Gasteiger partial charge in [-0.1, -0.05) is 55.3 Å². The summed E-state index contributed by atoms with van der Waals surface area (Å²) in [5.74, 6) is -1.34. The topological polar surface area (TPSA) is 67.9 Å². The fourth-order valence-corrected chi connectivity index (χ4v) is 5.20. The summed E-state index contributed by atoms with van der Waals surface area (Å²) < 4.78 is 48.3. The minimum Gasteiger partial charge on any atom is -0.480 e. The molecular formula is C25H25Cl2F3N2O4. The maximum atomic E-state index is 14.3. The van der Waals surface area contributed by atoms with Crippen molar-refractivity contribution in [3.05, 3.63) is 69.4 Å². The summed E-state index contributed by atoms with van der Waals surface area (Å²) >= 11 is 12.0. The van der Waals surface area contributed by atoms with Gasteiger partial charge in [-0.15, -0.1) is 0 Å². The van der Waals surface area contributed by atoms with E-state index >= 15 is 0 Å². The van der Waals surface area contributed by atoms with Crippen molar-refractivity contribution in [1.29, 1.82) is 0 Å². The second-order valence-corrected chi connectivity index (χ2v) is 10.4. The zero-order valence-electron chi connectivity index (χ0n) is 19.8. The Bertz CT molecular complexity index is 1160. The van der Waals surface area contributed by atoms with Gasteiger partial charge in [0.05, 0.1) is 12.2 Å². The number of likely N-dealkylation sites (N-methyl/N-ethyl adjacent to an activating group) is 1. The molecule has 1 fully saturated rings. The van der Waals surface area contributed by atoms with E-state index in [-0.39, 0.29) is 34.0 Å². The molecule has 0 spiro atoms. The van der Waals surface area contributed by atoms with E-state index in [0.717, 1.165) is 6.26 Å². The van der Waals surface area contributed by atoms with Crippen molar-refractivity contribution in [2.24, 2.45) is 11.3 Å². The van der Waals surface area contributed by atoms with Crippen LogP contribution >= 0.6 is 23.2 Å². The van der Waals surface area contributed by atoms with Crippen molar-refractivity contribution in [3.63, 3.8) is 0 Å². The summed E-state index contributed by atoms with van der Waals surface area (Å²) in [6, 6.07) is 2.96. The number of hydrogen-bond donors (Lipinski definition) is 1. The number of carbonyl (C=O) groups is 2. The van der Waals surface area contributed by atoms with Gasteiger partial charge in [0.2, 0.25) is 11.5 Å². The van der Waals surface area contributed by atoms with Crippen molar-refractivity contribution in [1.82, 2.24) is 10.4 Å².